The largest absolute Gasteiger partial charge is 0.376 e. The van der Waals surface area contributed by atoms with Crippen molar-refractivity contribution in [2.75, 3.05) is 39.0 Å². The Balaban J connectivity index is 1.51. The van der Waals surface area contributed by atoms with Crippen molar-refractivity contribution >= 4 is 10.0 Å². The van der Waals surface area contributed by atoms with Crippen LogP contribution < -0.4 is 0 Å². The van der Waals surface area contributed by atoms with Gasteiger partial charge < -0.3 is 4.74 Å². The molecule has 0 bridgehead atoms. The summed E-state index contributed by atoms with van der Waals surface area (Å²) in [6.07, 6.45) is 6.38. The maximum absolute atomic E-state index is 12.2. The Labute approximate surface area is 151 Å². The molecule has 1 aromatic rings. The molecule has 2 aliphatic heterocycles. The molecule has 2 saturated heterocycles. The number of rotatable bonds is 7. The molecule has 1 spiro atoms. The van der Waals surface area contributed by atoms with Crippen molar-refractivity contribution in [3.63, 3.8) is 0 Å². The molecule has 3 heterocycles. The van der Waals surface area contributed by atoms with Crippen LogP contribution >= 0.6 is 0 Å². The highest BCUT2D eigenvalue weighted by molar-refractivity contribution is 7.89. The first-order valence-electron chi connectivity index (χ1n) is 9.11. The molecule has 0 aromatic carbocycles. The molecule has 0 radical (unpaired) electrons. The number of likely N-dealkylation sites (N-methyl/N-ethyl adjacent to an activating group) is 1. The minimum Gasteiger partial charge on any atom is -0.376 e. The Kier molecular flexibility index (Phi) is 5.78. The molecular weight excluding hydrogens is 338 g/mol. The Morgan fingerprint density at radius 3 is 2.88 bits per heavy atom. The summed E-state index contributed by atoms with van der Waals surface area (Å²) in [6.45, 7) is 5.49. The fraction of sp³-hybridized carbons (Fsp3) is 0.722. The van der Waals surface area contributed by atoms with Crippen LogP contribution in [0.2, 0.25) is 0 Å². The maximum atomic E-state index is 12.2. The zero-order chi connectivity index (χ0) is 17.9. The lowest BCUT2D eigenvalue weighted by Gasteiger charge is -2.57. The van der Waals surface area contributed by atoms with Crippen LogP contribution in [0.25, 0.3) is 0 Å². The van der Waals surface area contributed by atoms with Gasteiger partial charge in [0.15, 0.2) is 0 Å². The average molecular weight is 368 g/mol. The van der Waals surface area contributed by atoms with E-state index in [4.69, 9.17) is 4.74 Å². The maximum Gasteiger partial charge on any atom is 0.214 e. The number of hydrogen-bond acceptors (Lipinski definition) is 5. The Bertz CT molecular complexity index is 659. The second-order valence-electron chi connectivity index (χ2n) is 7.47. The summed E-state index contributed by atoms with van der Waals surface area (Å²) in [5, 5.41) is 0. The smallest absolute Gasteiger partial charge is 0.214 e. The normalized spacial score (nSPS) is 24.3. The fourth-order valence-electron chi connectivity index (χ4n) is 3.94. The van der Waals surface area contributed by atoms with E-state index in [1.165, 1.54) is 0 Å². The lowest BCUT2D eigenvalue weighted by atomic mass is 9.77. The molecule has 1 atom stereocenters. The van der Waals surface area contributed by atoms with Crippen LogP contribution in [0.4, 0.5) is 0 Å². The number of likely N-dealkylation sites (tertiary alicyclic amines) is 1. The van der Waals surface area contributed by atoms with Gasteiger partial charge in [-0.25, -0.2) is 8.42 Å². The van der Waals surface area contributed by atoms with Crippen LogP contribution in [0, 0.1) is 5.92 Å². The zero-order valence-corrected chi connectivity index (χ0v) is 16.0. The van der Waals surface area contributed by atoms with Gasteiger partial charge in [-0.15, -0.1) is 0 Å². The molecule has 3 rings (SSSR count). The van der Waals surface area contributed by atoms with E-state index in [9.17, 15) is 8.42 Å². The van der Waals surface area contributed by atoms with Gasteiger partial charge >= 0.3 is 0 Å². The van der Waals surface area contributed by atoms with Gasteiger partial charge in [0.2, 0.25) is 10.0 Å². The summed E-state index contributed by atoms with van der Waals surface area (Å²) in [5.74, 6) is 0.744. The van der Waals surface area contributed by atoms with Crippen molar-refractivity contribution in [3.05, 3.63) is 30.1 Å². The SMILES string of the molecule is CCCS(=O)(=O)N1CC2(C[C@@H](COCc3cccnc3)CCN2C)C1. The number of piperidine rings is 1. The lowest BCUT2D eigenvalue weighted by molar-refractivity contribution is -0.0600. The third-order valence-electron chi connectivity index (χ3n) is 5.49. The topological polar surface area (TPSA) is 62.7 Å². The highest BCUT2D eigenvalue weighted by atomic mass is 32.2. The molecule has 25 heavy (non-hydrogen) atoms. The third-order valence-corrected chi connectivity index (χ3v) is 7.46. The van der Waals surface area contributed by atoms with E-state index >= 15 is 0 Å². The number of sulfonamides is 1. The summed E-state index contributed by atoms with van der Waals surface area (Å²) in [6, 6.07) is 3.94. The summed E-state index contributed by atoms with van der Waals surface area (Å²) < 4.78 is 32.0. The Morgan fingerprint density at radius 2 is 2.20 bits per heavy atom. The van der Waals surface area contributed by atoms with E-state index in [0.29, 0.717) is 32.0 Å². The lowest BCUT2D eigenvalue weighted by Crippen LogP contribution is -2.72. The van der Waals surface area contributed by atoms with Crippen LogP contribution in [0.5, 0.6) is 0 Å². The predicted octanol–water partition coefficient (Wildman–Crippen LogP) is 1.73. The van der Waals surface area contributed by atoms with Crippen molar-refractivity contribution in [3.8, 4) is 0 Å². The molecule has 2 fully saturated rings. The van der Waals surface area contributed by atoms with E-state index in [1.807, 2.05) is 25.3 Å². The number of hydrogen-bond donors (Lipinski definition) is 0. The molecular formula is C18H29N3O3S. The second-order valence-corrected chi connectivity index (χ2v) is 9.55. The highest BCUT2D eigenvalue weighted by Crippen LogP contribution is 2.39. The number of ether oxygens (including phenoxy) is 1. The fourth-order valence-corrected chi connectivity index (χ4v) is 5.59. The first-order chi connectivity index (χ1) is 12.0. The van der Waals surface area contributed by atoms with E-state index in [0.717, 1.165) is 31.6 Å². The van der Waals surface area contributed by atoms with E-state index < -0.39 is 10.0 Å². The molecule has 140 valence electrons. The molecule has 0 aliphatic carbocycles. The van der Waals surface area contributed by atoms with Crippen LogP contribution in [0.3, 0.4) is 0 Å². The van der Waals surface area contributed by atoms with Crippen molar-refractivity contribution in [2.24, 2.45) is 5.92 Å². The van der Waals surface area contributed by atoms with Crippen LogP contribution in [0.1, 0.15) is 31.7 Å². The summed E-state index contributed by atoms with van der Waals surface area (Å²) in [5.41, 5.74) is 1.09. The van der Waals surface area contributed by atoms with Crippen molar-refractivity contribution in [1.29, 1.82) is 0 Å². The molecule has 7 heteroatoms. The van der Waals surface area contributed by atoms with Crippen LogP contribution in [0.15, 0.2) is 24.5 Å². The second kappa shape index (κ2) is 7.70. The third kappa shape index (κ3) is 4.22. The standard InChI is InChI=1S/C18H29N3O3S/c1-3-9-25(22,23)21-14-18(15-21)10-16(6-8-20(18)2)12-24-13-17-5-4-7-19-11-17/h4-5,7,11,16H,3,6,8-10,12-15H2,1-2H3/t16-/m0/s1. The van der Waals surface area contributed by atoms with Crippen LogP contribution in [-0.2, 0) is 21.4 Å². The van der Waals surface area contributed by atoms with Crippen LogP contribution in [-0.4, -0.2) is 67.2 Å². The first kappa shape index (κ1) is 18.8. The van der Waals surface area contributed by atoms with Crippen molar-refractivity contribution < 1.29 is 13.2 Å². The molecule has 1 aromatic heterocycles. The monoisotopic (exact) mass is 367 g/mol. The molecule has 0 saturated carbocycles. The van der Waals surface area contributed by atoms with Gasteiger partial charge in [-0.2, -0.15) is 4.31 Å². The van der Waals surface area contributed by atoms with Gasteiger partial charge in [0.05, 0.1) is 12.4 Å². The van der Waals surface area contributed by atoms with Crippen molar-refractivity contribution in [2.45, 2.75) is 38.3 Å². The van der Waals surface area contributed by atoms with Gasteiger partial charge in [-0.3, -0.25) is 9.88 Å². The van der Waals surface area contributed by atoms with E-state index in [1.54, 1.807) is 10.5 Å². The predicted molar refractivity (Wildman–Crippen MR) is 97.6 cm³/mol. The molecule has 0 amide bonds. The summed E-state index contributed by atoms with van der Waals surface area (Å²) >= 11 is 0. The van der Waals surface area contributed by atoms with Crippen molar-refractivity contribution in [1.82, 2.24) is 14.2 Å². The summed E-state index contributed by atoms with van der Waals surface area (Å²) in [4.78, 5) is 6.45. The quantitative estimate of drug-likeness (QED) is 0.734. The number of pyridine rings is 1. The average Bonchev–Trinajstić information content (AvgIpc) is 2.55. The van der Waals surface area contributed by atoms with Gasteiger partial charge in [-0.1, -0.05) is 13.0 Å². The Hall–Kier alpha value is -1.02. The van der Waals surface area contributed by atoms with Gasteiger partial charge in [0.25, 0.3) is 0 Å². The van der Waals surface area contributed by atoms with Gasteiger partial charge in [0.1, 0.15) is 0 Å². The Morgan fingerprint density at radius 1 is 1.40 bits per heavy atom. The highest BCUT2D eigenvalue weighted by Gasteiger charge is 2.52. The van der Waals surface area contributed by atoms with Gasteiger partial charge in [0, 0.05) is 37.6 Å². The first-order valence-corrected chi connectivity index (χ1v) is 10.7. The zero-order valence-electron chi connectivity index (χ0n) is 15.2. The number of nitrogens with zero attached hydrogens (tertiary/aromatic N) is 3. The van der Waals surface area contributed by atoms with E-state index in [-0.39, 0.29) is 11.3 Å². The summed E-state index contributed by atoms with van der Waals surface area (Å²) in [7, 11) is -0.953. The van der Waals surface area contributed by atoms with Gasteiger partial charge in [-0.05, 0) is 50.4 Å². The van der Waals surface area contributed by atoms with E-state index in [2.05, 4.69) is 16.9 Å². The minimum absolute atomic E-state index is 0.00138. The molecule has 6 nitrogen and oxygen atoms in total. The molecule has 0 unspecified atom stereocenters. The molecule has 0 N–H and O–H groups in total. The minimum atomic E-state index is -3.07. The molecule has 2 aliphatic rings. The number of aromatic nitrogens is 1.